The molecule has 1 aromatic carbocycles. The summed E-state index contributed by atoms with van der Waals surface area (Å²) < 4.78 is 13.0. The molecule has 0 unspecified atom stereocenters. The molecule has 0 amide bonds. The molecule has 0 aliphatic rings. The van der Waals surface area contributed by atoms with E-state index in [9.17, 15) is 4.79 Å². The van der Waals surface area contributed by atoms with Gasteiger partial charge >= 0.3 is 5.97 Å². The van der Waals surface area contributed by atoms with Crippen molar-refractivity contribution in [3.8, 4) is 28.7 Å². The Bertz CT molecular complexity index is 1230. The van der Waals surface area contributed by atoms with E-state index in [-0.39, 0.29) is 12.5 Å². The van der Waals surface area contributed by atoms with Crippen LogP contribution >= 0.6 is 11.6 Å². The van der Waals surface area contributed by atoms with Gasteiger partial charge in [-0.05, 0) is 38.5 Å². The lowest BCUT2D eigenvalue weighted by atomic mass is 10.1. The van der Waals surface area contributed by atoms with E-state index in [1.807, 2.05) is 48.9 Å². The number of hydrogen-bond donors (Lipinski definition) is 1. The summed E-state index contributed by atoms with van der Waals surface area (Å²) in [6.07, 6.45) is 4.17. The van der Waals surface area contributed by atoms with E-state index in [4.69, 9.17) is 26.0 Å². The van der Waals surface area contributed by atoms with Crippen molar-refractivity contribution < 1.29 is 19.2 Å². The van der Waals surface area contributed by atoms with Crippen molar-refractivity contribution in [1.29, 1.82) is 0 Å². The van der Waals surface area contributed by atoms with Crippen LogP contribution in [0.2, 0.25) is 5.02 Å². The second-order valence-electron chi connectivity index (χ2n) is 7.35. The van der Waals surface area contributed by atoms with Gasteiger partial charge in [0.1, 0.15) is 5.02 Å². The van der Waals surface area contributed by atoms with Crippen LogP contribution in [0, 0.1) is 0 Å². The van der Waals surface area contributed by atoms with Gasteiger partial charge in [-0.15, -0.1) is 0 Å². The lowest BCUT2D eigenvalue weighted by Crippen LogP contribution is -2.07. The third-order valence-corrected chi connectivity index (χ3v) is 4.94. The van der Waals surface area contributed by atoms with Gasteiger partial charge in [0.25, 0.3) is 5.89 Å². The number of nitrogens with zero attached hydrogens (tertiary/aromatic N) is 4. The summed E-state index contributed by atoms with van der Waals surface area (Å²) in [5, 5.41) is 14.3. The molecule has 0 saturated carbocycles. The van der Waals surface area contributed by atoms with Gasteiger partial charge in [-0.3, -0.25) is 4.79 Å². The lowest BCUT2D eigenvalue weighted by molar-refractivity contribution is -0.137. The summed E-state index contributed by atoms with van der Waals surface area (Å²) in [4.78, 5) is 19.5. The van der Waals surface area contributed by atoms with Crippen LogP contribution in [-0.4, -0.2) is 36.9 Å². The Morgan fingerprint density at radius 1 is 1.32 bits per heavy atom. The molecular formula is C22H21ClN4O4. The number of aliphatic carboxylic acids is 1. The van der Waals surface area contributed by atoms with Crippen LogP contribution in [0.4, 0.5) is 0 Å². The van der Waals surface area contributed by atoms with Crippen molar-refractivity contribution in [1.82, 2.24) is 19.7 Å². The second kappa shape index (κ2) is 8.77. The molecule has 4 aromatic rings. The number of rotatable bonds is 8. The maximum absolute atomic E-state index is 10.8. The lowest BCUT2D eigenvalue weighted by Gasteiger charge is -2.09. The predicted molar refractivity (Wildman–Crippen MR) is 116 cm³/mol. The Labute approximate surface area is 183 Å². The van der Waals surface area contributed by atoms with Gasteiger partial charge in [-0.1, -0.05) is 28.9 Å². The second-order valence-corrected chi connectivity index (χ2v) is 7.75. The maximum Gasteiger partial charge on any atom is 0.303 e. The number of carboxylic acids is 1. The van der Waals surface area contributed by atoms with Crippen molar-refractivity contribution in [2.45, 2.75) is 39.3 Å². The Morgan fingerprint density at radius 2 is 2.16 bits per heavy atom. The molecule has 0 atom stereocenters. The minimum atomic E-state index is -0.796. The predicted octanol–water partition coefficient (Wildman–Crippen LogP) is 5.06. The van der Waals surface area contributed by atoms with Gasteiger partial charge in [0.2, 0.25) is 11.7 Å². The molecule has 4 rings (SSSR count). The van der Waals surface area contributed by atoms with E-state index in [1.165, 1.54) is 0 Å². The number of carboxylic acid groups (broad SMARTS) is 1. The standard InChI is InChI=1S/C22H21ClN4O4/c1-13(2)30-22-17(23)11-14(12-24-22)21-25-20(26-31-21)16-5-3-6-18-15(16)8-10-27(18)9-4-7-19(28)29/h3,5-6,8,10-13H,4,7,9H2,1-2H3,(H,28,29). The summed E-state index contributed by atoms with van der Waals surface area (Å²) in [6, 6.07) is 9.47. The van der Waals surface area contributed by atoms with Gasteiger partial charge < -0.3 is 18.9 Å². The number of fused-ring (bicyclic) bond motifs is 1. The number of ether oxygens (including phenoxy) is 1. The first-order valence-corrected chi connectivity index (χ1v) is 10.3. The highest BCUT2D eigenvalue weighted by molar-refractivity contribution is 6.32. The first-order valence-electron chi connectivity index (χ1n) is 9.88. The topological polar surface area (TPSA) is 103 Å². The van der Waals surface area contributed by atoms with Crippen LogP contribution in [0.3, 0.4) is 0 Å². The zero-order valence-electron chi connectivity index (χ0n) is 17.1. The van der Waals surface area contributed by atoms with Crippen LogP contribution in [0.25, 0.3) is 33.7 Å². The number of carbonyl (C=O) groups is 1. The van der Waals surface area contributed by atoms with E-state index >= 15 is 0 Å². The molecule has 0 fully saturated rings. The normalized spacial score (nSPS) is 11.4. The van der Waals surface area contributed by atoms with Crippen LogP contribution < -0.4 is 4.74 Å². The fourth-order valence-electron chi connectivity index (χ4n) is 3.32. The van der Waals surface area contributed by atoms with Crippen LogP contribution in [-0.2, 0) is 11.3 Å². The first kappa shape index (κ1) is 20.9. The van der Waals surface area contributed by atoms with Crippen LogP contribution in [0.1, 0.15) is 26.7 Å². The van der Waals surface area contributed by atoms with Crippen molar-refractivity contribution >= 4 is 28.5 Å². The minimum absolute atomic E-state index is 0.0391. The summed E-state index contributed by atoms with van der Waals surface area (Å²) in [6.45, 7) is 4.41. The number of aromatic nitrogens is 4. The smallest absolute Gasteiger partial charge is 0.303 e. The summed E-state index contributed by atoms with van der Waals surface area (Å²) >= 11 is 6.27. The zero-order chi connectivity index (χ0) is 22.0. The highest BCUT2D eigenvalue weighted by atomic mass is 35.5. The molecule has 0 aliphatic carbocycles. The molecule has 0 aliphatic heterocycles. The summed E-state index contributed by atoms with van der Waals surface area (Å²) in [5.74, 6) is 0.310. The highest BCUT2D eigenvalue weighted by Gasteiger charge is 2.16. The Morgan fingerprint density at radius 3 is 2.90 bits per heavy atom. The fraction of sp³-hybridized carbons (Fsp3) is 0.273. The molecule has 0 bridgehead atoms. The Hall–Kier alpha value is -3.39. The van der Waals surface area contributed by atoms with Crippen molar-refractivity contribution in [3.63, 3.8) is 0 Å². The van der Waals surface area contributed by atoms with E-state index in [2.05, 4.69) is 15.1 Å². The molecule has 3 aromatic heterocycles. The minimum Gasteiger partial charge on any atom is -0.481 e. The summed E-state index contributed by atoms with van der Waals surface area (Å²) in [7, 11) is 0. The number of halogens is 1. The largest absolute Gasteiger partial charge is 0.481 e. The van der Waals surface area contributed by atoms with Gasteiger partial charge in [-0.25, -0.2) is 4.98 Å². The van der Waals surface area contributed by atoms with Gasteiger partial charge in [-0.2, -0.15) is 4.98 Å². The van der Waals surface area contributed by atoms with Gasteiger partial charge in [0.15, 0.2) is 0 Å². The molecular weight excluding hydrogens is 420 g/mol. The zero-order valence-corrected chi connectivity index (χ0v) is 17.8. The Balaban J connectivity index is 1.61. The molecule has 8 nitrogen and oxygen atoms in total. The molecule has 1 N–H and O–H groups in total. The average Bonchev–Trinajstić information content (AvgIpc) is 3.36. The number of pyridine rings is 1. The molecule has 0 saturated heterocycles. The monoisotopic (exact) mass is 440 g/mol. The van der Waals surface area contributed by atoms with E-state index in [0.717, 1.165) is 16.5 Å². The molecule has 3 heterocycles. The molecule has 160 valence electrons. The molecule has 0 spiro atoms. The number of hydrogen-bond acceptors (Lipinski definition) is 6. The van der Waals surface area contributed by atoms with Crippen LogP contribution in [0.15, 0.2) is 47.2 Å². The van der Waals surface area contributed by atoms with Crippen molar-refractivity contribution in [2.24, 2.45) is 0 Å². The van der Waals surface area contributed by atoms with E-state index in [0.29, 0.717) is 41.1 Å². The van der Waals surface area contributed by atoms with E-state index in [1.54, 1.807) is 12.3 Å². The van der Waals surface area contributed by atoms with Gasteiger partial charge in [0, 0.05) is 41.8 Å². The Kier molecular flexibility index (Phi) is 5.90. The first-order chi connectivity index (χ1) is 14.9. The quantitative estimate of drug-likeness (QED) is 0.408. The average molecular weight is 441 g/mol. The highest BCUT2D eigenvalue weighted by Crippen LogP contribution is 2.31. The molecule has 31 heavy (non-hydrogen) atoms. The molecule has 9 heteroatoms. The van der Waals surface area contributed by atoms with E-state index < -0.39 is 5.97 Å². The van der Waals surface area contributed by atoms with Crippen LogP contribution in [0.5, 0.6) is 5.88 Å². The SMILES string of the molecule is CC(C)Oc1ncc(-c2nc(-c3cccc4c3ccn4CCCC(=O)O)no2)cc1Cl. The van der Waals surface area contributed by atoms with Crippen molar-refractivity contribution in [2.75, 3.05) is 0 Å². The van der Waals surface area contributed by atoms with Gasteiger partial charge in [0.05, 0.1) is 11.7 Å². The third kappa shape index (κ3) is 4.54. The number of benzene rings is 1. The number of aryl methyl sites for hydroxylation is 1. The maximum atomic E-state index is 10.8. The third-order valence-electron chi connectivity index (χ3n) is 4.67. The fourth-order valence-corrected chi connectivity index (χ4v) is 3.53. The molecule has 0 radical (unpaired) electrons. The van der Waals surface area contributed by atoms with Crippen molar-refractivity contribution in [3.05, 3.63) is 47.7 Å². The summed E-state index contributed by atoms with van der Waals surface area (Å²) in [5.41, 5.74) is 2.40.